The molecule has 0 bridgehead atoms. The lowest BCUT2D eigenvalue weighted by molar-refractivity contribution is -0.128. The molecule has 7 heteroatoms. The lowest BCUT2D eigenvalue weighted by atomic mass is 10.1. The van der Waals surface area contributed by atoms with Gasteiger partial charge in [0.15, 0.2) is 5.17 Å². The van der Waals surface area contributed by atoms with E-state index >= 15 is 0 Å². The number of halogens is 1. The van der Waals surface area contributed by atoms with E-state index < -0.39 is 5.25 Å². The van der Waals surface area contributed by atoms with Crippen LogP contribution in [0.15, 0.2) is 53.5 Å². The maximum atomic E-state index is 12.5. The van der Waals surface area contributed by atoms with Crippen molar-refractivity contribution in [3.8, 4) is 0 Å². The van der Waals surface area contributed by atoms with Crippen molar-refractivity contribution in [3.05, 3.63) is 64.7 Å². The lowest BCUT2D eigenvalue weighted by Crippen LogP contribution is -2.33. The SMILES string of the molecule is Cc1ccc(N=C2S[C@H](CC(=O)NCCc3ccccc3)C(=O)N2C)cc1Cl. The van der Waals surface area contributed by atoms with Crippen molar-refractivity contribution in [3.63, 3.8) is 0 Å². The highest BCUT2D eigenvalue weighted by Gasteiger charge is 2.36. The largest absolute Gasteiger partial charge is 0.356 e. The Morgan fingerprint density at radius 2 is 2.00 bits per heavy atom. The number of amides is 2. The van der Waals surface area contributed by atoms with Crippen molar-refractivity contribution in [2.75, 3.05) is 13.6 Å². The van der Waals surface area contributed by atoms with Gasteiger partial charge >= 0.3 is 0 Å². The first-order chi connectivity index (χ1) is 13.4. The van der Waals surface area contributed by atoms with Crippen LogP contribution in [0.4, 0.5) is 5.69 Å². The van der Waals surface area contributed by atoms with E-state index in [9.17, 15) is 9.59 Å². The zero-order valence-electron chi connectivity index (χ0n) is 15.8. The van der Waals surface area contributed by atoms with Gasteiger partial charge < -0.3 is 5.32 Å². The van der Waals surface area contributed by atoms with E-state index in [-0.39, 0.29) is 18.2 Å². The Balaban J connectivity index is 1.56. The summed E-state index contributed by atoms with van der Waals surface area (Å²) >= 11 is 7.46. The van der Waals surface area contributed by atoms with Gasteiger partial charge in [0.05, 0.1) is 5.69 Å². The summed E-state index contributed by atoms with van der Waals surface area (Å²) in [5.74, 6) is -0.241. The van der Waals surface area contributed by atoms with Gasteiger partial charge in [-0.1, -0.05) is 59.8 Å². The molecular weight excluding hydrogens is 394 g/mol. The zero-order chi connectivity index (χ0) is 20.1. The zero-order valence-corrected chi connectivity index (χ0v) is 17.4. The highest BCUT2D eigenvalue weighted by Crippen LogP contribution is 2.31. The Hall–Kier alpha value is -2.31. The molecule has 1 fully saturated rings. The van der Waals surface area contributed by atoms with Crippen molar-refractivity contribution in [2.24, 2.45) is 4.99 Å². The van der Waals surface area contributed by atoms with Crippen molar-refractivity contribution in [1.29, 1.82) is 0 Å². The van der Waals surface area contributed by atoms with Gasteiger partial charge in [-0.15, -0.1) is 0 Å². The minimum Gasteiger partial charge on any atom is -0.356 e. The quantitative estimate of drug-likeness (QED) is 0.776. The topological polar surface area (TPSA) is 61.8 Å². The van der Waals surface area contributed by atoms with Crippen LogP contribution in [0, 0.1) is 6.92 Å². The molecule has 2 amide bonds. The normalized spacial score (nSPS) is 18.0. The van der Waals surface area contributed by atoms with Crippen LogP contribution >= 0.6 is 23.4 Å². The molecule has 0 radical (unpaired) electrons. The fourth-order valence-electron chi connectivity index (χ4n) is 2.79. The summed E-state index contributed by atoms with van der Waals surface area (Å²) in [6.45, 7) is 2.47. The molecule has 1 heterocycles. The number of carbonyl (C=O) groups excluding carboxylic acids is 2. The third-order valence-electron chi connectivity index (χ3n) is 4.47. The molecule has 0 aromatic heterocycles. The molecule has 146 valence electrons. The first kappa shape index (κ1) is 20.4. The van der Waals surface area contributed by atoms with Crippen LogP contribution in [0.1, 0.15) is 17.5 Å². The third kappa shape index (κ3) is 5.14. The van der Waals surface area contributed by atoms with Crippen LogP contribution in [-0.4, -0.2) is 40.7 Å². The van der Waals surface area contributed by atoms with Crippen molar-refractivity contribution in [2.45, 2.75) is 25.0 Å². The Bertz CT molecular complexity index is 902. The molecule has 5 nitrogen and oxygen atoms in total. The van der Waals surface area contributed by atoms with Crippen LogP contribution in [0.25, 0.3) is 0 Å². The van der Waals surface area contributed by atoms with Crippen LogP contribution < -0.4 is 5.32 Å². The first-order valence-corrected chi connectivity index (χ1v) is 10.3. The monoisotopic (exact) mass is 415 g/mol. The highest BCUT2D eigenvalue weighted by molar-refractivity contribution is 8.15. The van der Waals surface area contributed by atoms with Crippen LogP contribution in [-0.2, 0) is 16.0 Å². The van der Waals surface area contributed by atoms with Gasteiger partial charge in [0, 0.05) is 25.0 Å². The van der Waals surface area contributed by atoms with E-state index in [2.05, 4.69) is 10.3 Å². The molecule has 2 aromatic carbocycles. The average molecular weight is 416 g/mol. The molecule has 0 unspecified atom stereocenters. The van der Waals surface area contributed by atoms with Crippen LogP contribution in [0.2, 0.25) is 5.02 Å². The number of aliphatic imine (C=N–C) groups is 1. The molecule has 0 spiro atoms. The summed E-state index contributed by atoms with van der Waals surface area (Å²) in [5, 5.41) is 3.64. The van der Waals surface area contributed by atoms with Gasteiger partial charge in [-0.3, -0.25) is 14.5 Å². The van der Waals surface area contributed by atoms with Crippen molar-refractivity contribution in [1.82, 2.24) is 10.2 Å². The fourth-order valence-corrected chi connectivity index (χ4v) is 4.12. The molecule has 28 heavy (non-hydrogen) atoms. The second-order valence-corrected chi connectivity index (χ2v) is 8.20. The molecular formula is C21H22ClN3O2S. The standard InChI is InChI=1S/C21H22ClN3O2S/c1-14-8-9-16(12-17(14)22)24-21-25(2)20(27)18(28-21)13-19(26)23-11-10-15-6-4-3-5-7-15/h3-9,12,18H,10-11,13H2,1-2H3,(H,23,26)/t18-/m1/s1. The van der Waals surface area contributed by atoms with Gasteiger partial charge in [-0.25, -0.2) is 4.99 Å². The Labute approximate surface area is 174 Å². The van der Waals surface area contributed by atoms with E-state index in [0.717, 1.165) is 12.0 Å². The number of hydrogen-bond acceptors (Lipinski definition) is 4. The number of nitrogens with one attached hydrogen (secondary N) is 1. The predicted molar refractivity (Wildman–Crippen MR) is 115 cm³/mol. The van der Waals surface area contributed by atoms with Crippen LogP contribution in [0.5, 0.6) is 0 Å². The number of aryl methyl sites for hydroxylation is 1. The van der Waals surface area contributed by atoms with E-state index in [1.165, 1.54) is 22.2 Å². The maximum Gasteiger partial charge on any atom is 0.242 e. The number of hydrogen-bond donors (Lipinski definition) is 1. The first-order valence-electron chi connectivity index (χ1n) is 9.03. The summed E-state index contributed by atoms with van der Waals surface area (Å²) < 4.78 is 0. The Morgan fingerprint density at radius 1 is 1.25 bits per heavy atom. The number of rotatable bonds is 6. The molecule has 1 aliphatic heterocycles. The van der Waals surface area contributed by atoms with E-state index in [1.54, 1.807) is 13.1 Å². The summed E-state index contributed by atoms with van der Waals surface area (Å²) in [6, 6.07) is 15.5. The van der Waals surface area contributed by atoms with Crippen molar-refractivity contribution < 1.29 is 9.59 Å². The van der Waals surface area contributed by atoms with Gasteiger partial charge in [0.1, 0.15) is 5.25 Å². The van der Waals surface area contributed by atoms with E-state index in [4.69, 9.17) is 11.6 Å². The molecule has 3 rings (SSSR count). The average Bonchev–Trinajstić information content (AvgIpc) is 2.93. The van der Waals surface area contributed by atoms with Crippen LogP contribution in [0.3, 0.4) is 0 Å². The maximum absolute atomic E-state index is 12.5. The molecule has 0 aliphatic carbocycles. The molecule has 1 aliphatic rings. The van der Waals surface area contributed by atoms with Gasteiger partial charge in [-0.2, -0.15) is 0 Å². The molecule has 0 saturated carbocycles. The molecule has 1 N–H and O–H groups in total. The summed E-state index contributed by atoms with van der Waals surface area (Å²) in [6.07, 6.45) is 0.898. The van der Waals surface area contributed by atoms with Gasteiger partial charge in [-0.05, 0) is 36.6 Å². The predicted octanol–water partition coefficient (Wildman–Crippen LogP) is 3.96. The third-order valence-corrected chi connectivity index (χ3v) is 6.11. The number of carbonyl (C=O) groups is 2. The number of nitrogens with zero attached hydrogens (tertiary/aromatic N) is 2. The summed E-state index contributed by atoms with van der Waals surface area (Å²) in [5.41, 5.74) is 2.82. The van der Waals surface area contributed by atoms with Gasteiger partial charge in [0.25, 0.3) is 0 Å². The molecule has 1 saturated heterocycles. The molecule has 1 atom stereocenters. The molecule has 2 aromatic rings. The highest BCUT2D eigenvalue weighted by atomic mass is 35.5. The van der Waals surface area contributed by atoms with Gasteiger partial charge in [0.2, 0.25) is 11.8 Å². The van der Waals surface area contributed by atoms with E-state index in [0.29, 0.717) is 22.4 Å². The second-order valence-electron chi connectivity index (χ2n) is 6.62. The second kappa shape index (κ2) is 9.26. The van der Waals surface area contributed by atoms with E-state index in [1.807, 2.05) is 49.4 Å². The summed E-state index contributed by atoms with van der Waals surface area (Å²) in [4.78, 5) is 30.7. The summed E-state index contributed by atoms with van der Waals surface area (Å²) in [7, 11) is 1.68. The Kier molecular flexibility index (Phi) is 6.75. The van der Waals surface area contributed by atoms with Crippen molar-refractivity contribution >= 4 is 46.0 Å². The fraction of sp³-hybridized carbons (Fsp3) is 0.286. The smallest absolute Gasteiger partial charge is 0.242 e. The minimum atomic E-state index is -0.457. The Morgan fingerprint density at radius 3 is 2.71 bits per heavy atom. The lowest BCUT2D eigenvalue weighted by Gasteiger charge is -2.09. The number of thioether (sulfide) groups is 1. The number of benzene rings is 2. The minimum absolute atomic E-state index is 0.111. The number of amidine groups is 1.